The highest BCUT2D eigenvalue weighted by molar-refractivity contribution is 7.66. The van der Waals surface area contributed by atoms with E-state index in [0.29, 0.717) is 4.68 Å². The van der Waals surface area contributed by atoms with E-state index in [2.05, 4.69) is 29.1 Å². The van der Waals surface area contributed by atoms with Crippen molar-refractivity contribution in [1.29, 1.82) is 0 Å². The van der Waals surface area contributed by atoms with E-state index in [1.54, 1.807) is 0 Å². The molecule has 0 amide bonds. The summed E-state index contributed by atoms with van der Waals surface area (Å²) in [6.45, 7) is 1.01. The molecule has 0 aliphatic carbocycles. The van der Waals surface area contributed by atoms with Crippen molar-refractivity contribution in [2.24, 2.45) is 0 Å². The molecule has 0 bridgehead atoms. The number of rotatable bonds is 8. The van der Waals surface area contributed by atoms with Gasteiger partial charge in [0.2, 0.25) is 0 Å². The number of alkyl halides is 1. The molecular formula is C11H15Cl2N4O13P3. The molecular weight excluding hydrogens is 560 g/mol. The summed E-state index contributed by atoms with van der Waals surface area (Å²) in [5, 5.41) is 16.2. The second-order valence-corrected chi connectivity index (χ2v) is 11.4. The van der Waals surface area contributed by atoms with E-state index in [1.807, 2.05) is 5.38 Å². The van der Waals surface area contributed by atoms with Crippen LogP contribution in [0.4, 0.5) is 5.82 Å². The third-order valence-electron chi connectivity index (χ3n) is 3.76. The zero-order valence-corrected chi connectivity index (χ0v) is 20.1. The van der Waals surface area contributed by atoms with Crippen LogP contribution in [0.1, 0.15) is 13.2 Å². The van der Waals surface area contributed by atoms with Gasteiger partial charge in [-0.15, -0.1) is 0 Å². The summed E-state index contributed by atoms with van der Waals surface area (Å²) >= 11 is 11.7. The molecule has 22 heteroatoms. The van der Waals surface area contributed by atoms with Gasteiger partial charge in [-0.05, 0) is 18.5 Å². The van der Waals surface area contributed by atoms with Gasteiger partial charge in [0, 0.05) is 5.38 Å². The van der Waals surface area contributed by atoms with E-state index in [0.717, 1.165) is 13.1 Å². The van der Waals surface area contributed by atoms with Gasteiger partial charge in [0.15, 0.2) is 11.1 Å². The predicted octanol–water partition coefficient (Wildman–Crippen LogP) is -0.612. The average molecular weight is 575 g/mol. The Bertz CT molecular complexity index is 1170. The van der Waals surface area contributed by atoms with Crippen LogP contribution >= 0.6 is 46.7 Å². The van der Waals surface area contributed by atoms with E-state index in [1.165, 1.54) is 0 Å². The van der Waals surface area contributed by atoms with Gasteiger partial charge in [0.25, 0.3) is 0 Å². The van der Waals surface area contributed by atoms with Crippen molar-refractivity contribution in [2.45, 2.75) is 36.3 Å². The zero-order chi connectivity index (χ0) is 25.4. The van der Waals surface area contributed by atoms with Crippen LogP contribution < -0.4 is 11.4 Å². The van der Waals surface area contributed by atoms with Crippen LogP contribution in [0.2, 0.25) is 0 Å². The molecule has 17 nitrogen and oxygen atoms in total. The minimum atomic E-state index is -5.79. The van der Waals surface area contributed by atoms with Crippen LogP contribution in [0.5, 0.6) is 0 Å². The van der Waals surface area contributed by atoms with E-state index >= 15 is 0 Å². The van der Waals surface area contributed by atoms with Crippen molar-refractivity contribution in [3.63, 3.8) is 0 Å². The van der Waals surface area contributed by atoms with E-state index in [-0.39, 0.29) is 5.82 Å². The first-order chi connectivity index (χ1) is 14.9. The minimum absolute atomic E-state index is 0.254. The molecule has 1 aromatic heterocycles. The number of ether oxygens (including phenoxy) is 1. The summed E-state index contributed by atoms with van der Waals surface area (Å²) in [6, 6.07) is 0. The maximum absolute atomic E-state index is 12.1. The van der Waals surface area contributed by atoms with Gasteiger partial charge in [-0.2, -0.15) is 23.4 Å². The van der Waals surface area contributed by atoms with Gasteiger partial charge in [0.1, 0.15) is 18.0 Å². The van der Waals surface area contributed by atoms with Crippen molar-refractivity contribution >= 4 is 52.5 Å². The highest BCUT2D eigenvalue weighted by atomic mass is 35.5. The first kappa shape index (κ1) is 28.3. The number of halogens is 2. The molecule has 33 heavy (non-hydrogen) atoms. The predicted molar refractivity (Wildman–Crippen MR) is 107 cm³/mol. The Labute approximate surface area is 193 Å². The summed E-state index contributed by atoms with van der Waals surface area (Å²) in [5.74, 6) is 1.96. The van der Waals surface area contributed by atoms with Crippen LogP contribution in [0.15, 0.2) is 11.0 Å². The summed E-state index contributed by atoms with van der Waals surface area (Å²) < 4.78 is 52.0. The number of nitrogens with zero attached hydrogens (tertiary/aromatic N) is 3. The lowest BCUT2D eigenvalue weighted by atomic mass is 9.97. The normalized spacial score (nSPS) is 30.0. The molecule has 7 atom stereocenters. The standard InChI is InChI=1S/C11H15Cl2N4O13P3/c1-5(28-32(23,24)30-33(25,26)29-31(20,21)22)7-8(18)11(13,2-3-12)9(27-7)17-10(19)16-6(14)4-15-17/h4-5,7-9,18H,1H3,(H,23,24)(H,25,26)(H2,14,16,19)(H2,20,21,22)/t5-,7+,8-,9?,11-/m0/s1. The van der Waals surface area contributed by atoms with Crippen molar-refractivity contribution in [3.8, 4) is 11.3 Å². The second-order valence-electron chi connectivity index (χ2n) is 6.20. The number of aliphatic hydroxyl groups excluding tert-OH is 1. The largest absolute Gasteiger partial charge is 0.490 e. The molecule has 186 valence electrons. The monoisotopic (exact) mass is 574 g/mol. The summed E-state index contributed by atoms with van der Waals surface area (Å²) in [4.78, 5) is 49.4. The van der Waals surface area contributed by atoms with E-state index in [9.17, 15) is 33.4 Å². The Hall–Kier alpha value is -0.920. The molecule has 3 unspecified atom stereocenters. The topological polar surface area (TPSA) is 263 Å². The lowest BCUT2D eigenvalue weighted by molar-refractivity contribution is -0.0785. The van der Waals surface area contributed by atoms with Gasteiger partial charge < -0.3 is 35.2 Å². The number of nitrogen functional groups attached to an aromatic ring is 1. The third-order valence-corrected chi connectivity index (χ3v) is 8.29. The molecule has 0 radical (unpaired) electrons. The van der Waals surface area contributed by atoms with Gasteiger partial charge in [-0.1, -0.05) is 17.5 Å². The maximum atomic E-state index is 12.1. The Morgan fingerprint density at radius 1 is 1.27 bits per heavy atom. The van der Waals surface area contributed by atoms with Crippen LogP contribution in [0.3, 0.4) is 0 Å². The van der Waals surface area contributed by atoms with Gasteiger partial charge in [0.05, 0.1) is 12.3 Å². The molecule has 0 spiro atoms. The number of nitrogens with two attached hydrogens (primary N) is 1. The summed E-state index contributed by atoms with van der Waals surface area (Å²) in [7, 11) is -17.0. The SMILES string of the molecule is C[C@H](OP(=O)(O)OP(=O)(O)OP(=O)(O)O)[C@H]1OC(n2ncc(N)nc2=O)[C@](Cl)(C#CCl)[C@H]1O. The Morgan fingerprint density at radius 2 is 1.88 bits per heavy atom. The van der Waals surface area contributed by atoms with Gasteiger partial charge >= 0.3 is 29.2 Å². The smallest absolute Gasteiger partial charge is 0.387 e. The van der Waals surface area contributed by atoms with Crippen molar-refractivity contribution < 1.29 is 56.3 Å². The van der Waals surface area contributed by atoms with Gasteiger partial charge in [-0.3, -0.25) is 4.52 Å². The number of anilines is 1. The molecule has 1 aliphatic rings. The fraction of sp³-hybridized carbons (Fsp3) is 0.545. The fourth-order valence-corrected chi connectivity index (χ4v) is 6.33. The quantitative estimate of drug-likeness (QED) is 0.128. The summed E-state index contributed by atoms with van der Waals surface area (Å²) in [5.41, 5.74) is 4.28. The molecule has 7 N–H and O–H groups in total. The van der Waals surface area contributed by atoms with E-state index in [4.69, 9.17) is 43.5 Å². The Balaban J connectivity index is 2.31. The maximum Gasteiger partial charge on any atom is 0.490 e. The van der Waals surface area contributed by atoms with Gasteiger partial charge in [-0.25, -0.2) is 18.5 Å². The highest BCUT2D eigenvalue weighted by Crippen LogP contribution is 2.66. The third kappa shape index (κ3) is 7.04. The van der Waals surface area contributed by atoms with Crippen LogP contribution in [0, 0.1) is 11.3 Å². The number of hydrogen-bond acceptors (Lipinski definition) is 12. The molecule has 0 aromatic carbocycles. The van der Waals surface area contributed by atoms with E-state index < -0.39 is 58.6 Å². The second kappa shape index (κ2) is 9.98. The zero-order valence-electron chi connectivity index (χ0n) is 15.9. The number of phosphoric acid groups is 3. The fourth-order valence-electron chi connectivity index (χ4n) is 2.61. The molecule has 1 fully saturated rings. The number of hydrogen-bond donors (Lipinski definition) is 6. The molecule has 1 aromatic rings. The molecule has 1 saturated heterocycles. The summed E-state index contributed by atoms with van der Waals surface area (Å²) in [6.07, 6.45) is -6.03. The molecule has 0 saturated carbocycles. The highest BCUT2D eigenvalue weighted by Gasteiger charge is 2.59. The first-order valence-corrected chi connectivity index (χ1v) is 13.4. The number of aliphatic hydroxyl groups is 1. The minimum Gasteiger partial charge on any atom is -0.387 e. The molecule has 2 heterocycles. The Kier molecular flexibility index (Phi) is 8.56. The number of phosphoric ester groups is 1. The van der Waals surface area contributed by atoms with Crippen molar-refractivity contribution in [3.05, 3.63) is 16.7 Å². The molecule has 1 aliphatic heterocycles. The lowest BCUT2D eigenvalue weighted by Gasteiger charge is -2.26. The first-order valence-electron chi connectivity index (χ1n) is 8.09. The Morgan fingerprint density at radius 3 is 2.39 bits per heavy atom. The van der Waals surface area contributed by atoms with Crippen molar-refractivity contribution in [2.75, 3.05) is 5.73 Å². The molecule has 2 rings (SSSR count). The van der Waals surface area contributed by atoms with Crippen LogP contribution in [-0.2, 0) is 31.6 Å². The van der Waals surface area contributed by atoms with Crippen molar-refractivity contribution in [1.82, 2.24) is 14.8 Å². The average Bonchev–Trinajstić information content (AvgIpc) is 2.83. The lowest BCUT2D eigenvalue weighted by Crippen LogP contribution is -2.45. The van der Waals surface area contributed by atoms with Crippen LogP contribution in [0.25, 0.3) is 0 Å². The van der Waals surface area contributed by atoms with Crippen LogP contribution in [-0.4, -0.2) is 62.6 Å². The number of aromatic nitrogens is 3.